The van der Waals surface area contributed by atoms with Crippen LogP contribution in [0.3, 0.4) is 0 Å². The van der Waals surface area contributed by atoms with E-state index in [4.69, 9.17) is 16.3 Å². The molecule has 0 radical (unpaired) electrons. The van der Waals surface area contributed by atoms with Crippen LogP contribution in [0, 0.1) is 0 Å². The van der Waals surface area contributed by atoms with Gasteiger partial charge in [-0.1, -0.05) is 23.7 Å². The van der Waals surface area contributed by atoms with Crippen LogP contribution in [0.25, 0.3) is 0 Å². The van der Waals surface area contributed by atoms with Crippen LogP contribution in [-0.2, 0) is 14.3 Å². The van der Waals surface area contributed by atoms with E-state index in [1.807, 2.05) is 0 Å². The van der Waals surface area contributed by atoms with Crippen LogP contribution in [0.4, 0.5) is 13.2 Å². The lowest BCUT2D eigenvalue weighted by atomic mass is 10.1. The first-order valence-corrected chi connectivity index (χ1v) is 7.67. The fourth-order valence-electron chi connectivity index (χ4n) is 2.34. The number of methoxy groups -OCH3 is 1. The second-order valence-electron chi connectivity index (χ2n) is 5.30. The van der Waals surface area contributed by atoms with Gasteiger partial charge < -0.3 is 14.4 Å². The number of benzene rings is 1. The highest BCUT2D eigenvalue weighted by Gasteiger charge is 2.38. The molecule has 25 heavy (non-hydrogen) atoms. The smallest absolute Gasteiger partial charge is 0.389 e. The molecule has 0 fully saturated rings. The van der Waals surface area contributed by atoms with Crippen LogP contribution in [0.15, 0.2) is 36.1 Å². The molecule has 1 aromatic rings. The lowest BCUT2D eigenvalue weighted by molar-refractivity contribution is -0.156. The minimum Gasteiger partial charge on any atom is -0.467 e. The molecule has 1 unspecified atom stereocenters. The molecule has 1 amide bonds. The highest BCUT2D eigenvalue weighted by atomic mass is 35.5. The Morgan fingerprint density at radius 1 is 1.36 bits per heavy atom. The number of ether oxygens (including phenoxy) is 2. The predicted octanol–water partition coefficient (Wildman–Crippen LogP) is 3.33. The molecule has 1 aliphatic rings. The van der Waals surface area contributed by atoms with Crippen LogP contribution in [0.1, 0.15) is 12.8 Å². The van der Waals surface area contributed by atoms with Gasteiger partial charge in [0.25, 0.3) is 5.91 Å². The van der Waals surface area contributed by atoms with Gasteiger partial charge in [0.1, 0.15) is 17.6 Å². The van der Waals surface area contributed by atoms with Crippen molar-refractivity contribution in [3.63, 3.8) is 0 Å². The Morgan fingerprint density at radius 3 is 2.64 bits per heavy atom. The number of esters is 1. The number of rotatable bonds is 6. The summed E-state index contributed by atoms with van der Waals surface area (Å²) in [6, 6.07) is 5.20. The quantitative estimate of drug-likeness (QED) is 0.714. The van der Waals surface area contributed by atoms with E-state index in [-0.39, 0.29) is 12.3 Å². The second kappa shape index (κ2) is 7.77. The van der Waals surface area contributed by atoms with Crippen molar-refractivity contribution in [2.24, 2.45) is 0 Å². The Labute approximate surface area is 146 Å². The van der Waals surface area contributed by atoms with Crippen molar-refractivity contribution < 1.29 is 32.2 Å². The summed E-state index contributed by atoms with van der Waals surface area (Å²) in [4.78, 5) is 24.9. The van der Waals surface area contributed by atoms with Gasteiger partial charge in [0.2, 0.25) is 0 Å². The summed E-state index contributed by atoms with van der Waals surface area (Å²) in [5.41, 5.74) is 0. The molecule has 0 bridgehead atoms. The van der Waals surface area contributed by atoms with Gasteiger partial charge >= 0.3 is 12.1 Å². The molecule has 0 saturated heterocycles. The van der Waals surface area contributed by atoms with Crippen LogP contribution < -0.4 is 4.74 Å². The number of amides is 1. The highest BCUT2D eigenvalue weighted by molar-refractivity contribution is 6.32. The minimum absolute atomic E-state index is 0.151. The largest absolute Gasteiger partial charge is 0.467 e. The second-order valence-corrected chi connectivity index (χ2v) is 5.71. The van der Waals surface area contributed by atoms with Crippen LogP contribution >= 0.6 is 11.6 Å². The van der Waals surface area contributed by atoms with Crippen molar-refractivity contribution in [2.75, 3.05) is 13.7 Å². The van der Waals surface area contributed by atoms with Gasteiger partial charge in [-0.05, 0) is 18.6 Å². The Morgan fingerprint density at radius 2 is 2.04 bits per heavy atom. The number of hydrogen-bond acceptors (Lipinski definition) is 4. The lowest BCUT2D eigenvalue weighted by Crippen LogP contribution is -2.44. The predicted molar refractivity (Wildman–Crippen MR) is 83.0 cm³/mol. The van der Waals surface area contributed by atoms with E-state index in [2.05, 4.69) is 4.74 Å². The van der Waals surface area contributed by atoms with Gasteiger partial charge in [-0.2, -0.15) is 13.2 Å². The molecule has 0 N–H and O–H groups in total. The van der Waals surface area contributed by atoms with Crippen molar-refractivity contribution in [2.45, 2.75) is 25.1 Å². The number of carbonyl (C=O) groups is 2. The molecule has 5 nitrogen and oxygen atoms in total. The summed E-state index contributed by atoms with van der Waals surface area (Å²) >= 11 is 5.96. The van der Waals surface area contributed by atoms with Crippen molar-refractivity contribution >= 4 is 23.5 Å². The lowest BCUT2D eigenvalue weighted by Gasteiger charge is -2.26. The van der Waals surface area contributed by atoms with E-state index in [0.29, 0.717) is 10.8 Å². The molecular weight excluding hydrogens is 363 g/mol. The third-order valence-electron chi connectivity index (χ3n) is 3.52. The van der Waals surface area contributed by atoms with E-state index >= 15 is 0 Å². The summed E-state index contributed by atoms with van der Waals surface area (Å²) in [6.45, 7) is -0.151. The molecule has 1 aliphatic heterocycles. The fourth-order valence-corrected chi connectivity index (χ4v) is 2.52. The summed E-state index contributed by atoms with van der Waals surface area (Å²) in [6.07, 6.45) is -5.13. The molecule has 1 aromatic carbocycles. The average Bonchev–Trinajstić information content (AvgIpc) is 2.89. The van der Waals surface area contributed by atoms with Gasteiger partial charge in [0.15, 0.2) is 0 Å². The summed E-state index contributed by atoms with van der Waals surface area (Å²) in [5, 5.41) is 0.316. The highest BCUT2D eigenvalue weighted by Crippen LogP contribution is 2.29. The molecule has 136 valence electrons. The zero-order valence-electron chi connectivity index (χ0n) is 13.2. The fraction of sp³-hybridized carbons (Fsp3) is 0.375. The standard InChI is InChI=1S/C16H15ClF3NO4/c1-24-15(23)12(6-7-16(18,19)20)21-9-10(8-14(21)22)25-13-5-3-2-4-11(13)17/h2-5,8,12H,6-7,9H2,1H3. The third-order valence-corrected chi connectivity index (χ3v) is 3.83. The van der Waals surface area contributed by atoms with Gasteiger partial charge in [0, 0.05) is 12.5 Å². The van der Waals surface area contributed by atoms with Crippen LogP contribution in [0.2, 0.25) is 5.02 Å². The molecule has 2 rings (SSSR count). The monoisotopic (exact) mass is 377 g/mol. The van der Waals surface area contributed by atoms with E-state index < -0.39 is 36.9 Å². The number of hydrogen-bond donors (Lipinski definition) is 0. The Bertz CT molecular complexity index is 690. The SMILES string of the molecule is COC(=O)C(CCC(F)(F)F)N1CC(Oc2ccccc2Cl)=CC1=O. The number of halogens is 4. The van der Waals surface area contributed by atoms with E-state index in [1.54, 1.807) is 24.3 Å². The number of nitrogens with zero attached hydrogens (tertiary/aromatic N) is 1. The van der Waals surface area contributed by atoms with Gasteiger partial charge in [-0.15, -0.1) is 0 Å². The first kappa shape index (κ1) is 19.1. The Kier molecular flexibility index (Phi) is 5.94. The van der Waals surface area contributed by atoms with Crippen molar-refractivity contribution in [1.29, 1.82) is 0 Å². The van der Waals surface area contributed by atoms with Gasteiger partial charge in [0.05, 0.1) is 18.7 Å². The maximum Gasteiger partial charge on any atom is 0.389 e. The number of para-hydroxylation sites is 1. The van der Waals surface area contributed by atoms with Crippen molar-refractivity contribution in [1.82, 2.24) is 4.90 Å². The Hall–Kier alpha value is -2.22. The molecule has 1 atom stereocenters. The number of carbonyl (C=O) groups excluding carboxylic acids is 2. The average molecular weight is 378 g/mol. The number of alkyl halides is 3. The first-order valence-electron chi connectivity index (χ1n) is 7.29. The van der Waals surface area contributed by atoms with E-state index in [0.717, 1.165) is 18.1 Å². The molecule has 0 spiro atoms. The first-order chi connectivity index (χ1) is 11.7. The maximum atomic E-state index is 12.5. The minimum atomic E-state index is -4.45. The maximum absolute atomic E-state index is 12.5. The van der Waals surface area contributed by atoms with Crippen LogP contribution in [0.5, 0.6) is 5.75 Å². The van der Waals surface area contributed by atoms with E-state index in [1.165, 1.54) is 0 Å². The van der Waals surface area contributed by atoms with E-state index in [9.17, 15) is 22.8 Å². The summed E-state index contributed by atoms with van der Waals surface area (Å²) in [7, 11) is 1.05. The Balaban J connectivity index is 2.10. The van der Waals surface area contributed by atoms with Crippen molar-refractivity contribution in [3.05, 3.63) is 41.1 Å². The topological polar surface area (TPSA) is 55.8 Å². The van der Waals surface area contributed by atoms with Crippen molar-refractivity contribution in [3.8, 4) is 5.75 Å². The summed E-state index contributed by atoms with van der Waals surface area (Å²) < 4.78 is 47.4. The molecule has 9 heteroatoms. The normalized spacial score (nSPS) is 15.8. The molecule has 1 heterocycles. The van der Waals surface area contributed by atoms with Gasteiger partial charge in [-0.25, -0.2) is 4.79 Å². The molecule has 0 saturated carbocycles. The summed E-state index contributed by atoms with van der Waals surface area (Å²) in [5.74, 6) is -1.06. The zero-order valence-corrected chi connectivity index (χ0v) is 13.9. The molecule has 0 aromatic heterocycles. The van der Waals surface area contributed by atoms with Gasteiger partial charge in [-0.3, -0.25) is 4.79 Å². The van der Waals surface area contributed by atoms with Crippen LogP contribution in [-0.4, -0.2) is 42.6 Å². The molecule has 0 aliphatic carbocycles. The third kappa shape index (κ3) is 5.12. The zero-order chi connectivity index (χ0) is 18.6. The molecular formula is C16H15ClF3NO4.